The van der Waals surface area contributed by atoms with Gasteiger partial charge in [-0.25, -0.2) is 19.2 Å². The fraction of sp³-hybridized carbons (Fsp3) is 0.945. The van der Waals surface area contributed by atoms with Crippen molar-refractivity contribution in [1.82, 2.24) is 0 Å². The molecule has 0 amide bonds. The summed E-state index contributed by atoms with van der Waals surface area (Å²) < 4.78 is 119. The highest BCUT2D eigenvalue weighted by molar-refractivity contribution is 5.77. The largest absolute Gasteiger partial charge is 0.479 e. The van der Waals surface area contributed by atoms with Gasteiger partial charge in [-0.2, -0.15) is 0 Å². The monoisotopic (exact) mass is 2030 g/mol. The van der Waals surface area contributed by atoms with Crippen LogP contribution in [0, 0.1) is 0 Å². The Bertz CT molecular complexity index is 3840. The van der Waals surface area contributed by atoms with Gasteiger partial charge >= 0.3 is 23.9 Å². The number of nitrogens with two attached hydrogens (primary N) is 1. The van der Waals surface area contributed by atoms with Crippen molar-refractivity contribution in [3.8, 4) is 0 Å². The van der Waals surface area contributed by atoms with Crippen LogP contribution in [0.5, 0.6) is 0 Å². The van der Waals surface area contributed by atoms with Gasteiger partial charge in [0.25, 0.3) is 11.6 Å². The van der Waals surface area contributed by atoms with Gasteiger partial charge in [-0.05, 0) is 0 Å². The maximum Gasteiger partial charge on any atom is 0.364 e. The SMILES string of the molecule is N[C@H]1[C@@H](O[C@@H]2[C@H](O)[C@@H](O)[C@@H](O[C@@H]3[C@H](O)[C@@H](O[C@@H]4[C@H](O)[C@@H](O[C@H]5[C@@H]([C@H](O)CO)O[C@@](O)(C(=O)O)C[C@H]5O[C@]5(C(=O)O)C[C@@H](O)[C@@H](O)[C@@H]([C@H](O)CO)O5)O[C@H]([C@@H](O)CO)[C@H]4O[C@@H]4O[C@H](CO)[C@@H](O)[C@H](O)[C@H]4O)O[C@H]([C@@H](O)CO[C@H]4O[C@H]([C@@H](O)CO[C@@H]5O[C@H](C(=O)O)[C@H](O)[C@H](O)[C@H]5O)[C@@H](O)[C@H](O)[C@@H]4O)[C@H]3O)O[C@@H]2C(=O)O)O[C@H](CO)[C@@H](O[C@H]2O[C@H](CO[C@@H]3O[C@H](CO)[C@@H](O)[C@H](O)[C@H]3O)[C@@H](O)[C@H](O)[C@H]2O)[C@@H]1O. The zero-order valence-electron chi connectivity index (χ0n) is 71.3. The molecule has 0 saturated carbocycles. The molecule has 65 heteroatoms. The molecule has 11 aliphatic heterocycles. The van der Waals surface area contributed by atoms with Gasteiger partial charge in [0.2, 0.25) is 0 Å². The summed E-state index contributed by atoms with van der Waals surface area (Å²) in [6.07, 6.45) is -138. The number of hydrogen-bond acceptors (Lipinski definition) is 61. The highest BCUT2D eigenvalue weighted by Crippen LogP contribution is 2.45. The van der Waals surface area contributed by atoms with Crippen molar-refractivity contribution in [3.63, 3.8) is 0 Å². The minimum absolute atomic E-state index is 0.909. The molecule has 65 nitrogen and oxygen atoms in total. The molecule has 0 radical (unpaired) electrons. The predicted molar refractivity (Wildman–Crippen MR) is 406 cm³/mol. The predicted octanol–water partition coefficient (Wildman–Crippen LogP) is -27.1. The van der Waals surface area contributed by atoms with E-state index in [1.54, 1.807) is 0 Å². The number of ether oxygens (including phenoxy) is 21. The van der Waals surface area contributed by atoms with Crippen molar-refractivity contribution in [3.05, 3.63) is 0 Å². The van der Waals surface area contributed by atoms with Crippen molar-refractivity contribution in [2.24, 2.45) is 5.73 Å². The van der Waals surface area contributed by atoms with Crippen LogP contribution in [0.2, 0.25) is 0 Å². The number of aliphatic carboxylic acids is 4. The lowest BCUT2D eigenvalue weighted by atomic mass is 9.89. The zero-order valence-corrected chi connectivity index (χ0v) is 71.3. The molecule has 0 aliphatic carbocycles. The molecule has 11 heterocycles. The molecule has 58 atom stereocenters. The molecule has 41 N–H and O–H groups in total. The molecule has 0 spiro atoms. The van der Waals surface area contributed by atoms with Gasteiger partial charge in [0.15, 0.2) is 68.8 Å². The minimum Gasteiger partial charge on any atom is -0.479 e. The van der Waals surface area contributed by atoms with E-state index < -0.39 is 451 Å². The first-order valence-corrected chi connectivity index (χ1v) is 42.6. The third-order valence-corrected chi connectivity index (χ3v) is 25.1. The van der Waals surface area contributed by atoms with Crippen molar-refractivity contribution < 1.29 is 318 Å². The van der Waals surface area contributed by atoms with Crippen LogP contribution >= 0.6 is 0 Å². The van der Waals surface area contributed by atoms with Crippen LogP contribution in [0.4, 0.5) is 0 Å². The fourth-order valence-electron chi connectivity index (χ4n) is 17.2. The molecular formula is C73H119NO64. The second-order valence-electron chi connectivity index (χ2n) is 34.5. The van der Waals surface area contributed by atoms with Crippen LogP contribution in [0.3, 0.4) is 0 Å². The van der Waals surface area contributed by atoms with Crippen molar-refractivity contribution in [2.75, 3.05) is 59.5 Å². The highest BCUT2D eigenvalue weighted by Gasteiger charge is 2.66. The lowest BCUT2D eigenvalue weighted by Crippen LogP contribution is -2.71. The first-order valence-electron chi connectivity index (χ1n) is 42.6. The molecule has 11 fully saturated rings. The first kappa shape index (κ1) is 114. The van der Waals surface area contributed by atoms with Crippen molar-refractivity contribution in [1.29, 1.82) is 0 Å². The number of hydrogen-bond donors (Lipinski definition) is 40. The third kappa shape index (κ3) is 23.7. The molecule has 138 heavy (non-hydrogen) atoms. The Morgan fingerprint density at radius 3 is 1.21 bits per heavy atom. The van der Waals surface area contributed by atoms with Crippen molar-refractivity contribution >= 4 is 23.9 Å². The molecule has 0 aromatic heterocycles. The smallest absolute Gasteiger partial charge is 0.364 e. The van der Waals surface area contributed by atoms with E-state index in [0.29, 0.717) is 0 Å². The van der Waals surface area contributed by atoms with Gasteiger partial charge in [0, 0.05) is 12.8 Å². The average molecular weight is 2030 g/mol. The number of rotatable bonds is 38. The molecule has 11 aliphatic rings. The standard InChI is InChI=1S/C73H119NO64/c74-23-28(91)51(128-66-41(104)31(94)27(90)22(124-66)11-120-62-37(100)29(92)25(88)19(6-78)121-62)21(8-80)123-61(23)131-54-36(99)42(105)67(135-58(54)60(111)112)130-53-43(106)47(17(86)10-118-63-38(101)32(95)34(97)46(125-63)16(85)9-119-64-39(102)33(96)35(98)56(133-64)59(109)110)126-68(44(53)107)132-55-45(108)69(127-49(14(83)4-76)57(55)134-65-40(103)30(93)26(89)20(7-79)122-65)129-52-18(2-72(117,70(113)114)137-50(52)15(84)5-77)136-73(71(115)116)1-12(81)24(87)48(138-73)13(82)3-75/h12-58,61-69,75-108,117H,1-11,74H2,(H,109,110)(H,111,112)(H,113,114)(H,115,116)/t12-,13-,14+,15-,16+,17+,18-,19-,20-,21-,22-,23-,24-,25-,26-,27-,28-,29+,30+,31+,32+,33+,34+,35-,36-,37-,38+,39-,40-,41-,42-,43-,44+,45+,46-,47-,48-,49-,50-,51-,52-,53+,54-,55-,56+,57-,58+,61-,62-,63+,64-,65+,66-,67+,68-,69-,72-,73-/m1/s1. The Morgan fingerprint density at radius 1 is 0.304 bits per heavy atom. The second kappa shape index (κ2) is 47.6. The van der Waals surface area contributed by atoms with Crippen LogP contribution in [-0.4, -0.2) is 638 Å². The summed E-state index contributed by atoms with van der Waals surface area (Å²) in [5, 5.41) is 431. The lowest BCUT2D eigenvalue weighted by molar-refractivity contribution is -0.416. The number of aliphatic hydroxyl groups is 35. The van der Waals surface area contributed by atoms with Crippen LogP contribution in [0.25, 0.3) is 0 Å². The second-order valence-corrected chi connectivity index (χ2v) is 34.5. The molecule has 800 valence electrons. The number of carbonyl (C=O) groups is 4. The quantitative estimate of drug-likeness (QED) is 0.0273. The van der Waals surface area contributed by atoms with E-state index in [-0.39, 0.29) is 0 Å². The Balaban J connectivity index is 0.922. The lowest BCUT2D eigenvalue weighted by Gasteiger charge is -2.53. The van der Waals surface area contributed by atoms with E-state index in [0.717, 1.165) is 0 Å². The summed E-state index contributed by atoms with van der Waals surface area (Å²) in [5.41, 5.74) is 6.36. The number of carboxylic acids is 4. The molecule has 0 aromatic carbocycles. The molecule has 0 unspecified atom stereocenters. The summed E-state index contributed by atoms with van der Waals surface area (Å²) in [6, 6.07) is -2.11. The summed E-state index contributed by atoms with van der Waals surface area (Å²) in [7, 11) is 0. The fourth-order valence-corrected chi connectivity index (χ4v) is 17.2. The maximum absolute atomic E-state index is 13.5. The third-order valence-electron chi connectivity index (χ3n) is 25.1. The molecule has 11 rings (SSSR count). The van der Waals surface area contributed by atoms with E-state index in [9.17, 15) is 218 Å². The number of aliphatic hydroxyl groups excluding tert-OH is 34. The summed E-state index contributed by atoms with van der Waals surface area (Å²) in [4.78, 5) is 51.7. The van der Waals surface area contributed by atoms with E-state index in [1.807, 2.05) is 0 Å². The van der Waals surface area contributed by atoms with E-state index >= 15 is 0 Å². The van der Waals surface area contributed by atoms with E-state index in [1.165, 1.54) is 0 Å². The van der Waals surface area contributed by atoms with Gasteiger partial charge < -0.3 is 304 Å². The van der Waals surface area contributed by atoms with Gasteiger partial charge in [-0.1, -0.05) is 0 Å². The Kier molecular flexibility index (Phi) is 39.3. The molecular weight excluding hydrogens is 1910 g/mol. The topological polar surface area (TPSA) is 1080 Å². The minimum atomic E-state index is -3.76. The van der Waals surface area contributed by atoms with Gasteiger partial charge in [-0.3, -0.25) is 0 Å². The summed E-state index contributed by atoms with van der Waals surface area (Å²) in [6.45, 7) is -11.7. The molecule has 0 bridgehead atoms. The Labute approximate surface area is 772 Å². The van der Waals surface area contributed by atoms with Crippen LogP contribution in [0.1, 0.15) is 12.8 Å². The maximum atomic E-state index is 13.5. The van der Waals surface area contributed by atoms with E-state index in [4.69, 9.17) is 105 Å². The Morgan fingerprint density at radius 2 is 0.688 bits per heavy atom. The number of carboxylic acid groups (broad SMARTS) is 4. The van der Waals surface area contributed by atoms with Gasteiger partial charge in [0.1, 0.15) is 256 Å². The normalized spacial score (nSPS) is 50.0. The summed E-state index contributed by atoms with van der Waals surface area (Å²) in [5.74, 6) is -16.2. The summed E-state index contributed by atoms with van der Waals surface area (Å²) >= 11 is 0. The molecule has 0 aromatic rings. The average Bonchev–Trinajstić information content (AvgIpc) is 0.740. The van der Waals surface area contributed by atoms with Crippen molar-refractivity contribution in [2.45, 2.75) is 368 Å². The van der Waals surface area contributed by atoms with E-state index in [2.05, 4.69) is 0 Å². The molecule has 11 saturated heterocycles. The van der Waals surface area contributed by atoms with Gasteiger partial charge in [0.05, 0.1) is 77.7 Å². The van der Waals surface area contributed by atoms with Gasteiger partial charge in [-0.15, -0.1) is 0 Å². The first-order chi connectivity index (χ1) is 64.8. The Hall–Kier alpha value is -4.40. The highest BCUT2D eigenvalue weighted by atomic mass is 16.8. The van der Waals surface area contributed by atoms with Crippen LogP contribution in [-0.2, 0) is 119 Å². The van der Waals surface area contributed by atoms with Crippen LogP contribution < -0.4 is 5.73 Å². The van der Waals surface area contributed by atoms with Crippen LogP contribution in [0.15, 0.2) is 0 Å². The zero-order chi connectivity index (χ0) is 102.